The van der Waals surface area contributed by atoms with Crippen LogP contribution >= 0.6 is 0 Å². The molecule has 0 aromatic heterocycles. The van der Waals surface area contributed by atoms with Crippen molar-refractivity contribution in [3.05, 3.63) is 59.2 Å². The summed E-state index contributed by atoms with van der Waals surface area (Å²) in [7, 11) is 1.84. The number of phenols is 1. The molecule has 1 fully saturated rings. The van der Waals surface area contributed by atoms with Crippen molar-refractivity contribution in [2.24, 2.45) is 5.92 Å². The van der Waals surface area contributed by atoms with Gasteiger partial charge in [-0.15, -0.1) is 0 Å². The Bertz CT molecular complexity index is 839. The summed E-state index contributed by atoms with van der Waals surface area (Å²) in [6.45, 7) is 0.662. The van der Waals surface area contributed by atoms with Gasteiger partial charge in [0.2, 0.25) is 0 Å². The third-order valence-corrected chi connectivity index (χ3v) is 5.66. The number of aromatic hydroxyl groups is 1. The van der Waals surface area contributed by atoms with E-state index in [-0.39, 0.29) is 23.8 Å². The molecule has 0 aliphatic carbocycles. The number of nitrogens with one attached hydrogen (secondary N) is 2. The number of rotatable bonds is 3. The van der Waals surface area contributed by atoms with E-state index in [0.717, 1.165) is 24.5 Å². The monoisotopic (exact) mass is 392 g/mol. The van der Waals surface area contributed by atoms with Crippen LogP contribution in [0.3, 0.4) is 0 Å². The molecule has 1 saturated heterocycles. The quantitative estimate of drug-likeness (QED) is 0.713. The van der Waals surface area contributed by atoms with E-state index in [1.54, 1.807) is 12.1 Å². The standard InChI is InChI=1S/C21H23F3N2O2/c1-25-11-15-7-8-16-19(12-2-5-14(27)6-3-12)26-18-9-4-13(21(22,23)24)10-17(18)20(16)28-15/h2-6,9-10,15-16,19-20,25-27H,7-8,11H2,1H3/t15-,16+,19+,20+/m1/s1. The van der Waals surface area contributed by atoms with Crippen LogP contribution in [0.1, 0.15) is 41.7 Å². The van der Waals surface area contributed by atoms with E-state index < -0.39 is 17.8 Å². The van der Waals surface area contributed by atoms with E-state index in [1.165, 1.54) is 12.1 Å². The van der Waals surface area contributed by atoms with Gasteiger partial charge in [-0.05, 0) is 55.8 Å². The first kappa shape index (κ1) is 19.1. The summed E-state index contributed by atoms with van der Waals surface area (Å²) in [4.78, 5) is 0. The van der Waals surface area contributed by atoms with Crippen LogP contribution in [-0.4, -0.2) is 24.8 Å². The number of likely N-dealkylation sites (N-methyl/N-ethyl adjacent to an activating group) is 1. The van der Waals surface area contributed by atoms with Gasteiger partial charge in [-0.25, -0.2) is 0 Å². The van der Waals surface area contributed by atoms with Gasteiger partial charge in [-0.1, -0.05) is 12.1 Å². The molecule has 4 atom stereocenters. The van der Waals surface area contributed by atoms with Crippen molar-refractivity contribution in [2.75, 3.05) is 18.9 Å². The Balaban J connectivity index is 1.74. The van der Waals surface area contributed by atoms with E-state index in [2.05, 4.69) is 10.6 Å². The van der Waals surface area contributed by atoms with Crippen LogP contribution in [-0.2, 0) is 10.9 Å². The number of hydrogen-bond donors (Lipinski definition) is 3. The zero-order valence-corrected chi connectivity index (χ0v) is 15.5. The fourth-order valence-corrected chi connectivity index (χ4v) is 4.32. The van der Waals surface area contributed by atoms with Gasteiger partial charge in [0, 0.05) is 23.7 Å². The van der Waals surface area contributed by atoms with Crippen molar-refractivity contribution in [3.63, 3.8) is 0 Å². The van der Waals surface area contributed by atoms with Gasteiger partial charge in [0.25, 0.3) is 0 Å². The lowest BCUT2D eigenvalue weighted by Gasteiger charge is -2.46. The highest BCUT2D eigenvalue weighted by Gasteiger charge is 2.43. The van der Waals surface area contributed by atoms with Crippen LogP contribution in [0.4, 0.5) is 18.9 Å². The molecule has 2 aliphatic heterocycles. The second-order valence-electron chi connectivity index (χ2n) is 7.49. The van der Waals surface area contributed by atoms with E-state index in [9.17, 15) is 18.3 Å². The topological polar surface area (TPSA) is 53.5 Å². The first-order chi connectivity index (χ1) is 13.4. The Morgan fingerprint density at radius 1 is 1.14 bits per heavy atom. The van der Waals surface area contributed by atoms with E-state index in [1.807, 2.05) is 19.2 Å². The molecule has 2 aromatic carbocycles. The lowest BCUT2D eigenvalue weighted by atomic mass is 9.76. The third kappa shape index (κ3) is 3.56. The Kier molecular flexibility index (Phi) is 4.97. The maximum absolute atomic E-state index is 13.3. The number of phenolic OH excluding ortho intramolecular Hbond substituents is 1. The summed E-state index contributed by atoms with van der Waals surface area (Å²) in [6, 6.07) is 10.7. The molecule has 0 amide bonds. The summed E-state index contributed by atoms with van der Waals surface area (Å²) in [5, 5.41) is 16.1. The number of halogens is 3. The number of anilines is 1. The van der Waals surface area contributed by atoms with Gasteiger partial charge < -0.3 is 20.5 Å². The normalized spacial score (nSPS) is 26.9. The fourth-order valence-electron chi connectivity index (χ4n) is 4.32. The molecule has 0 bridgehead atoms. The average Bonchev–Trinajstić information content (AvgIpc) is 2.67. The molecule has 2 heterocycles. The second kappa shape index (κ2) is 7.29. The van der Waals surface area contributed by atoms with E-state index in [0.29, 0.717) is 17.8 Å². The molecule has 3 N–H and O–H groups in total. The van der Waals surface area contributed by atoms with Crippen molar-refractivity contribution in [1.82, 2.24) is 5.32 Å². The molecule has 0 unspecified atom stereocenters. The number of benzene rings is 2. The average molecular weight is 392 g/mol. The van der Waals surface area contributed by atoms with Gasteiger partial charge in [0.05, 0.1) is 23.8 Å². The van der Waals surface area contributed by atoms with Gasteiger partial charge in [0.15, 0.2) is 0 Å². The van der Waals surface area contributed by atoms with Gasteiger partial charge >= 0.3 is 6.18 Å². The highest BCUT2D eigenvalue weighted by molar-refractivity contribution is 5.58. The predicted molar refractivity (Wildman–Crippen MR) is 100 cm³/mol. The number of fused-ring (bicyclic) bond motifs is 3. The SMILES string of the molecule is CNC[C@H]1CC[C@@H]2[C@H](O1)c1cc(C(F)(F)F)ccc1N[C@H]2c1ccc(O)cc1. The smallest absolute Gasteiger partial charge is 0.416 e. The molecular weight excluding hydrogens is 369 g/mol. The highest BCUT2D eigenvalue weighted by Crippen LogP contribution is 2.51. The Hall–Kier alpha value is -2.25. The number of hydrogen-bond acceptors (Lipinski definition) is 4. The number of ether oxygens (including phenoxy) is 1. The van der Waals surface area contributed by atoms with Crippen molar-refractivity contribution in [3.8, 4) is 5.75 Å². The molecule has 0 saturated carbocycles. The minimum Gasteiger partial charge on any atom is -0.508 e. The van der Waals surface area contributed by atoms with Gasteiger partial charge in [0.1, 0.15) is 5.75 Å². The highest BCUT2D eigenvalue weighted by atomic mass is 19.4. The lowest BCUT2D eigenvalue weighted by Crippen LogP contribution is -2.41. The van der Waals surface area contributed by atoms with Crippen molar-refractivity contribution in [1.29, 1.82) is 0 Å². The first-order valence-electron chi connectivity index (χ1n) is 9.43. The van der Waals surface area contributed by atoms with E-state index in [4.69, 9.17) is 4.74 Å². The Morgan fingerprint density at radius 2 is 1.89 bits per heavy atom. The minimum atomic E-state index is -4.39. The molecule has 4 rings (SSSR count). The Labute approximate surface area is 161 Å². The van der Waals surface area contributed by atoms with Crippen molar-refractivity contribution >= 4 is 5.69 Å². The summed E-state index contributed by atoms with van der Waals surface area (Å²) in [6.07, 6.45) is -3.16. The largest absolute Gasteiger partial charge is 0.508 e. The fraction of sp³-hybridized carbons (Fsp3) is 0.429. The van der Waals surface area contributed by atoms with Gasteiger partial charge in [-0.2, -0.15) is 13.2 Å². The molecule has 7 heteroatoms. The lowest BCUT2D eigenvalue weighted by molar-refractivity contribution is -0.138. The summed E-state index contributed by atoms with van der Waals surface area (Å²) in [5.41, 5.74) is 1.55. The molecule has 0 radical (unpaired) electrons. The van der Waals surface area contributed by atoms with Crippen molar-refractivity contribution in [2.45, 2.75) is 37.3 Å². The predicted octanol–water partition coefficient (Wildman–Crippen LogP) is 4.63. The summed E-state index contributed by atoms with van der Waals surface area (Å²) >= 11 is 0. The molecule has 0 spiro atoms. The van der Waals surface area contributed by atoms with Crippen LogP contribution < -0.4 is 10.6 Å². The minimum absolute atomic E-state index is 0.00799. The maximum atomic E-state index is 13.3. The van der Waals surface area contributed by atoms with Crippen molar-refractivity contribution < 1.29 is 23.0 Å². The molecule has 28 heavy (non-hydrogen) atoms. The third-order valence-electron chi connectivity index (χ3n) is 5.66. The Morgan fingerprint density at radius 3 is 2.57 bits per heavy atom. The maximum Gasteiger partial charge on any atom is 0.416 e. The molecule has 2 aliphatic rings. The molecular formula is C21H23F3N2O2. The number of alkyl halides is 3. The van der Waals surface area contributed by atoms with Crippen LogP contribution in [0.25, 0.3) is 0 Å². The molecule has 4 nitrogen and oxygen atoms in total. The zero-order valence-electron chi connectivity index (χ0n) is 15.5. The van der Waals surface area contributed by atoms with E-state index >= 15 is 0 Å². The summed E-state index contributed by atoms with van der Waals surface area (Å²) in [5.74, 6) is 0.189. The first-order valence-corrected chi connectivity index (χ1v) is 9.43. The molecule has 2 aromatic rings. The van der Waals surface area contributed by atoms with Crippen LogP contribution in [0.15, 0.2) is 42.5 Å². The zero-order chi connectivity index (χ0) is 19.9. The van der Waals surface area contributed by atoms with Crippen LogP contribution in [0.2, 0.25) is 0 Å². The van der Waals surface area contributed by atoms with Gasteiger partial charge in [-0.3, -0.25) is 0 Å². The second-order valence-corrected chi connectivity index (χ2v) is 7.49. The van der Waals surface area contributed by atoms with Crippen LogP contribution in [0.5, 0.6) is 5.75 Å². The van der Waals surface area contributed by atoms with Crippen LogP contribution in [0, 0.1) is 5.92 Å². The summed E-state index contributed by atoms with van der Waals surface area (Å²) < 4.78 is 46.1. The molecule has 150 valence electrons.